The summed E-state index contributed by atoms with van der Waals surface area (Å²) in [5.41, 5.74) is 12.1. The van der Waals surface area contributed by atoms with Gasteiger partial charge in [0.2, 0.25) is 5.88 Å². The summed E-state index contributed by atoms with van der Waals surface area (Å²) in [6, 6.07) is 8.03. The number of nitrogen functional groups attached to an aromatic ring is 1. The Balaban J connectivity index is 2.13. The number of anilines is 2. The van der Waals surface area contributed by atoms with Crippen LogP contribution in [0.4, 0.5) is 11.4 Å². The van der Waals surface area contributed by atoms with Crippen LogP contribution in [0.3, 0.4) is 0 Å². The molecule has 1 aromatic carbocycles. The van der Waals surface area contributed by atoms with Crippen LogP contribution in [0, 0.1) is 0 Å². The predicted octanol–water partition coefficient (Wildman–Crippen LogP) is 1.34. The van der Waals surface area contributed by atoms with Crippen LogP contribution in [0.15, 0.2) is 45.9 Å². The zero-order chi connectivity index (χ0) is 16.6. The van der Waals surface area contributed by atoms with Gasteiger partial charge in [-0.05, 0) is 24.3 Å². The highest BCUT2D eigenvalue weighted by atomic mass is 79.9. The van der Waals surface area contributed by atoms with E-state index in [4.69, 9.17) is 16.2 Å². The minimum Gasteiger partial charge on any atom is -0.470 e. The normalized spacial score (nSPS) is 17.5. The molecule has 1 aromatic heterocycles. The first-order valence-electron chi connectivity index (χ1n) is 6.82. The molecule has 9 heteroatoms. The van der Waals surface area contributed by atoms with Crippen LogP contribution in [-0.2, 0) is 10.0 Å². The highest BCUT2D eigenvalue weighted by molar-refractivity contribution is 9.10. The number of hydrogen-bond acceptors (Lipinski definition) is 6. The molecule has 0 amide bonds. The van der Waals surface area contributed by atoms with Crippen LogP contribution in [0.2, 0.25) is 0 Å². The van der Waals surface area contributed by atoms with Gasteiger partial charge in [0.25, 0.3) is 10.0 Å². The van der Waals surface area contributed by atoms with E-state index in [2.05, 4.69) is 20.9 Å². The summed E-state index contributed by atoms with van der Waals surface area (Å²) >= 11 is 3.29. The van der Waals surface area contributed by atoms with Gasteiger partial charge >= 0.3 is 0 Å². The second-order valence-electron chi connectivity index (χ2n) is 5.06. The van der Waals surface area contributed by atoms with Crippen LogP contribution in [-0.4, -0.2) is 32.6 Å². The monoisotopic (exact) mass is 398 g/mol. The molecular formula is C14H15BrN4O3S. The van der Waals surface area contributed by atoms with E-state index in [1.165, 1.54) is 22.6 Å². The molecule has 1 aliphatic heterocycles. The molecule has 2 heterocycles. The number of pyridine rings is 1. The summed E-state index contributed by atoms with van der Waals surface area (Å²) in [4.78, 5) is 4.24. The van der Waals surface area contributed by atoms with Crippen molar-refractivity contribution in [1.82, 2.24) is 4.98 Å². The van der Waals surface area contributed by atoms with Gasteiger partial charge in [-0.3, -0.25) is 4.31 Å². The third kappa shape index (κ3) is 2.99. The van der Waals surface area contributed by atoms with Gasteiger partial charge < -0.3 is 16.2 Å². The predicted molar refractivity (Wildman–Crippen MR) is 90.8 cm³/mol. The fourth-order valence-corrected chi connectivity index (χ4v) is 4.39. The van der Waals surface area contributed by atoms with Gasteiger partial charge in [0.05, 0.1) is 23.3 Å². The topological polar surface area (TPSA) is 112 Å². The first kappa shape index (κ1) is 16.0. The van der Waals surface area contributed by atoms with E-state index in [1.54, 1.807) is 18.2 Å². The maximum absolute atomic E-state index is 13.0. The zero-order valence-electron chi connectivity index (χ0n) is 12.0. The van der Waals surface area contributed by atoms with Gasteiger partial charge in [-0.25, -0.2) is 13.4 Å². The molecule has 2 aromatic rings. The summed E-state index contributed by atoms with van der Waals surface area (Å²) in [5, 5.41) is 0. The Morgan fingerprint density at radius 2 is 2.17 bits per heavy atom. The maximum Gasteiger partial charge on any atom is 0.264 e. The number of fused-ring (bicyclic) bond motifs is 1. The van der Waals surface area contributed by atoms with Crippen molar-refractivity contribution in [3.63, 3.8) is 0 Å². The fourth-order valence-electron chi connectivity index (χ4n) is 2.31. The van der Waals surface area contributed by atoms with Crippen molar-refractivity contribution in [2.45, 2.75) is 11.0 Å². The molecule has 7 nitrogen and oxygen atoms in total. The summed E-state index contributed by atoms with van der Waals surface area (Å²) < 4.78 is 33.6. The number of nitrogens with zero attached hydrogens (tertiary/aromatic N) is 2. The highest BCUT2D eigenvalue weighted by Gasteiger charge is 2.35. The summed E-state index contributed by atoms with van der Waals surface area (Å²) in [6.45, 7) is 0.277. The minimum absolute atomic E-state index is 0.101. The second kappa shape index (κ2) is 5.99. The molecule has 23 heavy (non-hydrogen) atoms. The molecular weight excluding hydrogens is 384 g/mol. The van der Waals surface area contributed by atoms with Crippen molar-refractivity contribution in [2.75, 3.05) is 23.1 Å². The standard InChI is InChI=1S/C14H15BrN4O3S/c15-9-2-1-3-12(4-9)23(20,21)19-8-11(6-16)22-14-13(19)5-10(17)7-18-14/h1-5,7,11H,6,8,16-17H2. The molecule has 0 saturated heterocycles. The Labute approximate surface area is 142 Å². The van der Waals surface area contributed by atoms with Gasteiger partial charge in [0, 0.05) is 11.0 Å². The lowest BCUT2D eigenvalue weighted by molar-refractivity contribution is 0.199. The Morgan fingerprint density at radius 3 is 2.87 bits per heavy atom. The van der Waals surface area contributed by atoms with Gasteiger partial charge in [0.15, 0.2) is 0 Å². The molecule has 0 saturated carbocycles. The van der Waals surface area contributed by atoms with E-state index in [0.717, 1.165) is 0 Å². The quantitative estimate of drug-likeness (QED) is 0.806. The molecule has 122 valence electrons. The van der Waals surface area contributed by atoms with E-state index >= 15 is 0 Å². The molecule has 0 spiro atoms. The van der Waals surface area contributed by atoms with Crippen molar-refractivity contribution in [2.24, 2.45) is 5.73 Å². The summed E-state index contributed by atoms with van der Waals surface area (Å²) in [7, 11) is -3.79. The van der Waals surface area contributed by atoms with Crippen LogP contribution in [0.25, 0.3) is 0 Å². The fraction of sp³-hybridized carbons (Fsp3) is 0.214. The van der Waals surface area contributed by atoms with E-state index in [1.807, 2.05) is 0 Å². The third-order valence-electron chi connectivity index (χ3n) is 3.42. The van der Waals surface area contributed by atoms with Gasteiger partial charge in [-0.1, -0.05) is 22.0 Å². The Bertz CT molecular complexity index is 844. The Hall–Kier alpha value is -1.84. The van der Waals surface area contributed by atoms with Gasteiger partial charge in [0.1, 0.15) is 11.8 Å². The van der Waals surface area contributed by atoms with Crippen LogP contribution >= 0.6 is 15.9 Å². The lowest BCUT2D eigenvalue weighted by atomic mass is 10.2. The SMILES string of the molecule is NCC1CN(S(=O)(=O)c2cccc(Br)c2)c2cc(N)cnc2O1. The molecule has 0 bridgehead atoms. The lowest BCUT2D eigenvalue weighted by Crippen LogP contribution is -2.46. The number of halogens is 1. The van der Waals surface area contributed by atoms with Crippen molar-refractivity contribution in [1.29, 1.82) is 0 Å². The van der Waals surface area contributed by atoms with Crippen molar-refractivity contribution < 1.29 is 13.2 Å². The average molecular weight is 399 g/mol. The van der Waals surface area contributed by atoms with Gasteiger partial charge in [-0.2, -0.15) is 0 Å². The van der Waals surface area contributed by atoms with Crippen LogP contribution < -0.4 is 20.5 Å². The highest BCUT2D eigenvalue weighted by Crippen LogP contribution is 2.36. The number of sulfonamides is 1. The molecule has 3 rings (SSSR count). The molecule has 1 unspecified atom stereocenters. The average Bonchev–Trinajstić information content (AvgIpc) is 2.53. The third-order valence-corrected chi connectivity index (χ3v) is 5.69. The lowest BCUT2D eigenvalue weighted by Gasteiger charge is -2.34. The van der Waals surface area contributed by atoms with Gasteiger partial charge in [-0.15, -0.1) is 0 Å². The van der Waals surface area contributed by atoms with Crippen molar-refractivity contribution in [3.8, 4) is 5.88 Å². The first-order valence-corrected chi connectivity index (χ1v) is 9.05. The smallest absolute Gasteiger partial charge is 0.264 e. The molecule has 0 aliphatic carbocycles. The number of aromatic nitrogens is 1. The summed E-state index contributed by atoms with van der Waals surface area (Å²) in [5.74, 6) is 0.208. The van der Waals surface area contributed by atoms with Crippen molar-refractivity contribution >= 4 is 37.3 Å². The molecule has 0 radical (unpaired) electrons. The largest absolute Gasteiger partial charge is 0.470 e. The zero-order valence-corrected chi connectivity index (χ0v) is 14.4. The van der Waals surface area contributed by atoms with E-state index in [0.29, 0.717) is 15.8 Å². The number of nitrogens with two attached hydrogens (primary N) is 2. The minimum atomic E-state index is -3.79. The van der Waals surface area contributed by atoms with Crippen molar-refractivity contribution in [3.05, 3.63) is 41.0 Å². The molecule has 1 atom stereocenters. The number of hydrogen-bond donors (Lipinski definition) is 2. The number of rotatable bonds is 3. The summed E-state index contributed by atoms with van der Waals surface area (Å²) in [6.07, 6.45) is 0.947. The van der Waals surface area contributed by atoms with E-state index in [-0.39, 0.29) is 23.9 Å². The Morgan fingerprint density at radius 1 is 1.39 bits per heavy atom. The maximum atomic E-state index is 13.0. The first-order chi connectivity index (χ1) is 10.9. The van der Waals surface area contributed by atoms with Crippen LogP contribution in [0.1, 0.15) is 0 Å². The van der Waals surface area contributed by atoms with E-state index in [9.17, 15) is 8.42 Å². The molecule has 0 fully saturated rings. The Kier molecular flexibility index (Phi) is 4.17. The number of ether oxygens (including phenoxy) is 1. The molecule has 4 N–H and O–H groups in total. The molecule has 1 aliphatic rings. The second-order valence-corrected chi connectivity index (χ2v) is 7.84. The van der Waals surface area contributed by atoms with E-state index < -0.39 is 16.1 Å². The van der Waals surface area contributed by atoms with Crippen LogP contribution in [0.5, 0.6) is 5.88 Å². The number of benzene rings is 1.